The lowest BCUT2D eigenvalue weighted by Crippen LogP contribution is -2.35. The van der Waals surface area contributed by atoms with Crippen molar-refractivity contribution in [3.63, 3.8) is 0 Å². The fourth-order valence-corrected chi connectivity index (χ4v) is 3.42. The van der Waals surface area contributed by atoms with Crippen LogP contribution in [0.5, 0.6) is 11.5 Å². The monoisotopic (exact) mass is 394 g/mol. The maximum absolute atomic E-state index is 12.7. The van der Waals surface area contributed by atoms with Gasteiger partial charge >= 0.3 is 0 Å². The lowest BCUT2D eigenvalue weighted by molar-refractivity contribution is -0.123. The predicted molar refractivity (Wildman–Crippen MR) is 105 cm³/mol. The molecule has 1 amide bonds. The van der Waals surface area contributed by atoms with Crippen molar-refractivity contribution in [3.05, 3.63) is 48.7 Å². The van der Waals surface area contributed by atoms with Gasteiger partial charge in [-0.1, -0.05) is 12.1 Å². The molecule has 2 aromatic heterocycles. The summed E-state index contributed by atoms with van der Waals surface area (Å²) in [5, 5.41) is 11.5. The Labute approximate surface area is 168 Å². The van der Waals surface area contributed by atoms with E-state index in [0.29, 0.717) is 42.0 Å². The molecule has 9 heteroatoms. The lowest BCUT2D eigenvalue weighted by Gasteiger charge is -2.22. The van der Waals surface area contributed by atoms with Crippen molar-refractivity contribution < 1.29 is 14.3 Å². The summed E-state index contributed by atoms with van der Waals surface area (Å²) in [5.74, 6) is 2.21. The second-order valence-corrected chi connectivity index (χ2v) is 6.61. The molecule has 1 aliphatic rings. The van der Waals surface area contributed by atoms with Crippen LogP contribution in [0.2, 0.25) is 0 Å². The number of carbonyl (C=O) groups is 1. The van der Waals surface area contributed by atoms with Gasteiger partial charge in [0.1, 0.15) is 18.1 Å². The van der Waals surface area contributed by atoms with Crippen LogP contribution >= 0.6 is 0 Å². The smallest absolute Gasteiger partial charge is 0.230 e. The topological polar surface area (TPSA) is 104 Å². The van der Waals surface area contributed by atoms with E-state index >= 15 is 0 Å². The van der Waals surface area contributed by atoms with Gasteiger partial charge in [0.15, 0.2) is 17.3 Å². The van der Waals surface area contributed by atoms with Crippen LogP contribution in [0, 0.1) is 0 Å². The van der Waals surface area contributed by atoms with Gasteiger partial charge < -0.3 is 19.4 Å². The third-order valence-corrected chi connectivity index (χ3v) is 4.80. The molecule has 0 bridgehead atoms. The average molecular weight is 394 g/mol. The molecule has 4 rings (SSSR count). The van der Waals surface area contributed by atoms with Gasteiger partial charge in [-0.2, -0.15) is 0 Å². The molecular weight excluding hydrogens is 372 g/mol. The van der Waals surface area contributed by atoms with Crippen molar-refractivity contribution in [2.24, 2.45) is 0 Å². The molecule has 3 aromatic rings. The quantitative estimate of drug-likeness (QED) is 0.610. The Balaban J connectivity index is 1.38. The van der Waals surface area contributed by atoms with Gasteiger partial charge in [-0.05, 0) is 25.0 Å². The molecule has 0 saturated heterocycles. The van der Waals surface area contributed by atoms with E-state index in [1.807, 2.05) is 28.8 Å². The van der Waals surface area contributed by atoms with E-state index in [4.69, 9.17) is 9.47 Å². The number of ether oxygens (including phenoxy) is 2. The first-order valence-electron chi connectivity index (χ1n) is 9.51. The number of nitrogens with zero attached hydrogens (tertiary/aromatic N) is 5. The van der Waals surface area contributed by atoms with Crippen LogP contribution < -0.4 is 14.8 Å². The summed E-state index contributed by atoms with van der Waals surface area (Å²) in [4.78, 5) is 21.1. The van der Waals surface area contributed by atoms with E-state index in [0.717, 1.165) is 19.4 Å². The third-order valence-electron chi connectivity index (χ3n) is 4.80. The van der Waals surface area contributed by atoms with Crippen molar-refractivity contribution in [2.45, 2.75) is 25.3 Å². The molecule has 1 aromatic carbocycles. The van der Waals surface area contributed by atoms with E-state index in [1.165, 1.54) is 0 Å². The maximum Gasteiger partial charge on any atom is 0.230 e. The summed E-state index contributed by atoms with van der Waals surface area (Å²) < 4.78 is 12.9. The van der Waals surface area contributed by atoms with E-state index in [9.17, 15) is 4.79 Å². The highest BCUT2D eigenvalue weighted by Gasteiger charge is 2.31. The van der Waals surface area contributed by atoms with Crippen LogP contribution in [0.4, 0.5) is 0 Å². The first-order chi connectivity index (χ1) is 14.3. The fourth-order valence-electron chi connectivity index (χ4n) is 3.42. The van der Waals surface area contributed by atoms with Crippen LogP contribution in [0.3, 0.4) is 0 Å². The summed E-state index contributed by atoms with van der Waals surface area (Å²) in [7, 11) is 1.60. The van der Waals surface area contributed by atoms with Gasteiger partial charge in [0.05, 0.1) is 25.8 Å². The Bertz CT molecular complexity index is 975. The van der Waals surface area contributed by atoms with Crippen LogP contribution in [-0.4, -0.2) is 50.9 Å². The highest BCUT2D eigenvalue weighted by atomic mass is 16.5. The molecule has 1 aliphatic heterocycles. The Hall–Kier alpha value is -3.49. The van der Waals surface area contributed by atoms with E-state index in [-0.39, 0.29) is 11.8 Å². The van der Waals surface area contributed by atoms with Crippen molar-refractivity contribution in [2.75, 3.05) is 20.3 Å². The summed E-state index contributed by atoms with van der Waals surface area (Å²) >= 11 is 0. The predicted octanol–water partition coefficient (Wildman–Crippen LogP) is 1.82. The Morgan fingerprint density at radius 2 is 2.10 bits per heavy atom. The SMILES string of the molecule is COc1ccccc1OCCNC(=O)C1CCCn2c(-c3cnccn3)nnc21. The Morgan fingerprint density at radius 1 is 1.24 bits per heavy atom. The van der Waals surface area contributed by atoms with Crippen molar-refractivity contribution in [1.29, 1.82) is 0 Å². The molecule has 0 radical (unpaired) electrons. The number of carbonyl (C=O) groups excluding carboxylic acids is 1. The van der Waals surface area contributed by atoms with Gasteiger partial charge in [0.25, 0.3) is 0 Å². The minimum absolute atomic E-state index is 0.0762. The summed E-state index contributed by atoms with van der Waals surface area (Å²) in [6, 6.07) is 7.41. The Kier molecular flexibility index (Phi) is 5.64. The molecule has 0 saturated carbocycles. The molecule has 0 aliphatic carbocycles. The van der Waals surface area contributed by atoms with E-state index in [1.54, 1.807) is 25.7 Å². The summed E-state index contributed by atoms with van der Waals surface area (Å²) in [6.45, 7) is 1.49. The third kappa shape index (κ3) is 4.03. The molecule has 1 atom stereocenters. The summed E-state index contributed by atoms with van der Waals surface area (Å²) in [6.07, 6.45) is 6.48. The number of hydrogen-bond donors (Lipinski definition) is 1. The number of nitrogens with one attached hydrogen (secondary N) is 1. The molecule has 3 heterocycles. The fraction of sp³-hybridized carbons (Fsp3) is 0.350. The standard InChI is InChI=1S/C20H22N6O3/c1-28-16-6-2-3-7-17(16)29-12-10-23-20(27)14-5-4-11-26-18(14)24-25-19(26)15-13-21-8-9-22-15/h2-3,6-9,13-14H,4-5,10-12H2,1H3,(H,23,27). The molecule has 0 spiro atoms. The minimum Gasteiger partial charge on any atom is -0.493 e. The van der Waals surface area contributed by atoms with Crippen LogP contribution in [0.1, 0.15) is 24.6 Å². The number of benzene rings is 1. The molecule has 0 fully saturated rings. The van der Waals surface area contributed by atoms with Crippen LogP contribution in [-0.2, 0) is 11.3 Å². The molecular formula is C20H22N6O3. The number of aromatic nitrogens is 5. The van der Waals surface area contributed by atoms with Gasteiger partial charge in [-0.15, -0.1) is 10.2 Å². The average Bonchev–Trinajstić information content (AvgIpc) is 3.21. The van der Waals surface area contributed by atoms with Crippen molar-refractivity contribution in [1.82, 2.24) is 30.0 Å². The highest BCUT2D eigenvalue weighted by molar-refractivity contribution is 5.83. The highest BCUT2D eigenvalue weighted by Crippen LogP contribution is 2.29. The number of hydrogen-bond acceptors (Lipinski definition) is 7. The molecule has 29 heavy (non-hydrogen) atoms. The van der Waals surface area contributed by atoms with Crippen LogP contribution in [0.15, 0.2) is 42.9 Å². The number of rotatable bonds is 7. The van der Waals surface area contributed by atoms with Gasteiger partial charge in [-0.3, -0.25) is 9.78 Å². The van der Waals surface area contributed by atoms with E-state index < -0.39 is 0 Å². The first kappa shape index (κ1) is 18.9. The zero-order valence-electron chi connectivity index (χ0n) is 16.1. The summed E-state index contributed by atoms with van der Waals surface area (Å²) in [5.41, 5.74) is 0.650. The number of methoxy groups -OCH3 is 1. The van der Waals surface area contributed by atoms with Crippen LogP contribution in [0.25, 0.3) is 11.5 Å². The number of fused-ring (bicyclic) bond motifs is 1. The second kappa shape index (κ2) is 8.68. The first-order valence-corrected chi connectivity index (χ1v) is 9.51. The zero-order valence-corrected chi connectivity index (χ0v) is 16.1. The molecule has 1 N–H and O–H groups in total. The number of amides is 1. The Morgan fingerprint density at radius 3 is 2.90 bits per heavy atom. The normalized spacial score (nSPS) is 15.4. The molecule has 9 nitrogen and oxygen atoms in total. The minimum atomic E-state index is -0.340. The van der Waals surface area contributed by atoms with E-state index in [2.05, 4.69) is 25.5 Å². The number of para-hydroxylation sites is 2. The largest absolute Gasteiger partial charge is 0.493 e. The molecule has 150 valence electrons. The second-order valence-electron chi connectivity index (χ2n) is 6.61. The zero-order chi connectivity index (χ0) is 20.1. The van der Waals surface area contributed by atoms with Crippen molar-refractivity contribution in [3.8, 4) is 23.0 Å². The molecule has 1 unspecified atom stereocenters. The lowest BCUT2D eigenvalue weighted by atomic mass is 9.98. The van der Waals surface area contributed by atoms with Gasteiger partial charge in [-0.25, -0.2) is 4.98 Å². The maximum atomic E-state index is 12.7. The van der Waals surface area contributed by atoms with Crippen molar-refractivity contribution >= 4 is 5.91 Å². The van der Waals surface area contributed by atoms with Gasteiger partial charge in [0.2, 0.25) is 5.91 Å². The van der Waals surface area contributed by atoms with Gasteiger partial charge in [0, 0.05) is 18.9 Å².